The lowest BCUT2D eigenvalue weighted by Crippen LogP contribution is -2.41. The zero-order valence-electron chi connectivity index (χ0n) is 11.5. The number of fused-ring (bicyclic) bond motifs is 1. The Morgan fingerprint density at radius 3 is 2.70 bits per heavy atom. The maximum atomic E-state index is 12.5. The first-order valence-electron chi connectivity index (χ1n) is 7.40. The van der Waals surface area contributed by atoms with Crippen molar-refractivity contribution in [2.75, 3.05) is 6.61 Å². The van der Waals surface area contributed by atoms with Gasteiger partial charge in [-0.15, -0.1) is 11.6 Å². The van der Waals surface area contributed by atoms with Gasteiger partial charge in [-0.3, -0.25) is 4.79 Å². The van der Waals surface area contributed by atoms with Crippen LogP contribution in [0.15, 0.2) is 24.3 Å². The molecule has 1 amide bonds. The molecule has 1 aromatic carbocycles. The lowest BCUT2D eigenvalue weighted by atomic mass is 9.90. The van der Waals surface area contributed by atoms with Crippen molar-refractivity contribution in [1.82, 2.24) is 5.32 Å². The molecule has 1 N–H and O–H groups in total. The molecule has 1 saturated carbocycles. The van der Waals surface area contributed by atoms with Gasteiger partial charge in [-0.2, -0.15) is 0 Å². The van der Waals surface area contributed by atoms with E-state index in [1.165, 1.54) is 0 Å². The van der Waals surface area contributed by atoms with E-state index in [4.69, 9.17) is 16.3 Å². The highest BCUT2D eigenvalue weighted by Gasteiger charge is 2.29. The van der Waals surface area contributed by atoms with Crippen LogP contribution in [0.2, 0.25) is 0 Å². The maximum absolute atomic E-state index is 12.5. The average molecular weight is 294 g/mol. The third kappa shape index (κ3) is 2.93. The van der Waals surface area contributed by atoms with Crippen LogP contribution in [0.4, 0.5) is 0 Å². The summed E-state index contributed by atoms with van der Waals surface area (Å²) in [6.45, 7) is 0.615. The zero-order valence-corrected chi connectivity index (χ0v) is 12.2. The van der Waals surface area contributed by atoms with Crippen LogP contribution in [0, 0.1) is 0 Å². The number of rotatable bonds is 2. The summed E-state index contributed by atoms with van der Waals surface area (Å²) in [5, 5.41) is 3.48. The van der Waals surface area contributed by atoms with Crippen molar-refractivity contribution in [3.05, 3.63) is 29.8 Å². The summed E-state index contributed by atoms with van der Waals surface area (Å²) in [5.41, 5.74) is 1.02. The summed E-state index contributed by atoms with van der Waals surface area (Å²) in [5.74, 6) is 0.913. The Balaban J connectivity index is 1.66. The molecule has 0 radical (unpaired) electrons. The molecular formula is C16H20ClNO2. The number of nitrogens with one attached hydrogen (secondary N) is 1. The van der Waals surface area contributed by atoms with E-state index < -0.39 is 0 Å². The summed E-state index contributed by atoms with van der Waals surface area (Å²) >= 11 is 6.10. The van der Waals surface area contributed by atoms with Crippen molar-refractivity contribution in [2.24, 2.45) is 0 Å². The van der Waals surface area contributed by atoms with E-state index in [0.717, 1.165) is 43.4 Å². The van der Waals surface area contributed by atoms with Crippen molar-refractivity contribution >= 4 is 17.5 Å². The van der Waals surface area contributed by atoms with Gasteiger partial charge in [-0.1, -0.05) is 18.2 Å². The van der Waals surface area contributed by atoms with Gasteiger partial charge in [-0.25, -0.2) is 0 Å². The summed E-state index contributed by atoms with van der Waals surface area (Å²) in [7, 11) is 0. The lowest BCUT2D eigenvalue weighted by Gasteiger charge is -2.30. The number of carbonyl (C=O) groups excluding carboxylic acids is 1. The third-order valence-corrected chi connectivity index (χ3v) is 4.71. The fourth-order valence-electron chi connectivity index (χ4n) is 3.11. The second-order valence-electron chi connectivity index (χ2n) is 5.69. The standard InChI is InChI=1S/C16H20ClNO2/c17-11-5-7-12(8-6-11)18-16(19)14-9-10-20-15-4-2-1-3-13(14)15/h1-4,11-12,14H,5-10H2,(H,18,19). The Bertz CT molecular complexity index is 483. The van der Waals surface area contributed by atoms with Crippen LogP contribution in [0.5, 0.6) is 5.75 Å². The molecule has 4 heteroatoms. The minimum absolute atomic E-state index is 0.0753. The topological polar surface area (TPSA) is 38.3 Å². The van der Waals surface area contributed by atoms with Crippen LogP contribution in [0.1, 0.15) is 43.6 Å². The van der Waals surface area contributed by atoms with Gasteiger partial charge >= 0.3 is 0 Å². The number of carbonyl (C=O) groups is 1. The van der Waals surface area contributed by atoms with Crippen LogP contribution in [0.25, 0.3) is 0 Å². The highest BCUT2D eigenvalue weighted by Crippen LogP contribution is 2.34. The van der Waals surface area contributed by atoms with Gasteiger partial charge in [0.05, 0.1) is 12.5 Å². The highest BCUT2D eigenvalue weighted by molar-refractivity contribution is 6.20. The Labute approximate surface area is 124 Å². The molecule has 2 aliphatic rings. The van der Waals surface area contributed by atoms with Gasteiger partial charge in [0.25, 0.3) is 0 Å². The molecule has 1 unspecified atom stereocenters. The summed E-state index contributed by atoms with van der Waals surface area (Å²) in [6.07, 6.45) is 4.73. The minimum atomic E-state index is -0.0753. The molecule has 0 spiro atoms. The van der Waals surface area contributed by atoms with E-state index in [1.807, 2.05) is 24.3 Å². The first-order valence-corrected chi connectivity index (χ1v) is 7.84. The predicted molar refractivity (Wildman–Crippen MR) is 79.3 cm³/mol. The smallest absolute Gasteiger partial charge is 0.228 e. The normalized spacial score (nSPS) is 29.1. The number of hydrogen-bond acceptors (Lipinski definition) is 2. The van der Waals surface area contributed by atoms with Crippen LogP contribution < -0.4 is 10.1 Å². The second kappa shape index (κ2) is 6.04. The summed E-state index contributed by atoms with van der Waals surface area (Å²) < 4.78 is 5.61. The van der Waals surface area contributed by atoms with Gasteiger partial charge in [0.2, 0.25) is 5.91 Å². The number of para-hydroxylation sites is 1. The van der Waals surface area contributed by atoms with E-state index in [2.05, 4.69) is 5.32 Å². The van der Waals surface area contributed by atoms with E-state index in [-0.39, 0.29) is 23.2 Å². The van der Waals surface area contributed by atoms with Gasteiger partial charge in [0.15, 0.2) is 0 Å². The van der Waals surface area contributed by atoms with Crippen molar-refractivity contribution in [3.63, 3.8) is 0 Å². The first-order chi connectivity index (χ1) is 9.74. The van der Waals surface area contributed by atoms with Crippen molar-refractivity contribution in [2.45, 2.75) is 49.4 Å². The van der Waals surface area contributed by atoms with Crippen LogP contribution in [-0.4, -0.2) is 23.9 Å². The quantitative estimate of drug-likeness (QED) is 0.850. The number of ether oxygens (including phenoxy) is 1. The third-order valence-electron chi connectivity index (χ3n) is 4.28. The predicted octanol–water partition coefficient (Wildman–Crippen LogP) is 3.22. The van der Waals surface area contributed by atoms with E-state index in [0.29, 0.717) is 6.61 Å². The molecule has 1 atom stereocenters. The second-order valence-corrected chi connectivity index (χ2v) is 6.30. The van der Waals surface area contributed by atoms with Crippen molar-refractivity contribution in [3.8, 4) is 5.75 Å². The van der Waals surface area contributed by atoms with E-state index in [9.17, 15) is 4.79 Å². The molecule has 1 heterocycles. The van der Waals surface area contributed by atoms with Gasteiger partial charge in [0, 0.05) is 17.0 Å². The summed E-state index contributed by atoms with van der Waals surface area (Å²) in [6, 6.07) is 8.13. The zero-order chi connectivity index (χ0) is 13.9. The molecule has 1 fully saturated rings. The molecule has 3 rings (SSSR count). The monoisotopic (exact) mass is 293 g/mol. The number of amides is 1. The number of benzene rings is 1. The first kappa shape index (κ1) is 13.7. The van der Waals surface area contributed by atoms with Crippen LogP contribution in [0.3, 0.4) is 0 Å². The molecule has 0 aromatic heterocycles. The van der Waals surface area contributed by atoms with Crippen LogP contribution in [-0.2, 0) is 4.79 Å². The van der Waals surface area contributed by atoms with Gasteiger partial charge in [0.1, 0.15) is 5.75 Å². The van der Waals surface area contributed by atoms with Gasteiger partial charge < -0.3 is 10.1 Å². The molecular weight excluding hydrogens is 274 g/mol. The van der Waals surface area contributed by atoms with E-state index in [1.54, 1.807) is 0 Å². The van der Waals surface area contributed by atoms with Crippen molar-refractivity contribution < 1.29 is 9.53 Å². The summed E-state index contributed by atoms with van der Waals surface area (Å²) in [4.78, 5) is 12.5. The Morgan fingerprint density at radius 1 is 1.15 bits per heavy atom. The molecule has 1 aliphatic heterocycles. The number of halogens is 1. The SMILES string of the molecule is O=C(NC1CCC(Cl)CC1)C1CCOc2ccccc21. The minimum Gasteiger partial charge on any atom is -0.493 e. The van der Waals surface area contributed by atoms with Crippen molar-refractivity contribution in [1.29, 1.82) is 0 Å². The molecule has 1 aliphatic carbocycles. The largest absolute Gasteiger partial charge is 0.493 e. The highest BCUT2D eigenvalue weighted by atomic mass is 35.5. The maximum Gasteiger partial charge on any atom is 0.228 e. The fraction of sp³-hybridized carbons (Fsp3) is 0.562. The Hall–Kier alpha value is -1.22. The molecule has 3 nitrogen and oxygen atoms in total. The average Bonchev–Trinajstić information content (AvgIpc) is 2.49. The van der Waals surface area contributed by atoms with Gasteiger partial charge in [-0.05, 0) is 38.2 Å². The Morgan fingerprint density at radius 2 is 1.90 bits per heavy atom. The molecule has 1 aromatic rings. The molecule has 108 valence electrons. The van der Waals surface area contributed by atoms with E-state index >= 15 is 0 Å². The van der Waals surface area contributed by atoms with Crippen LogP contribution >= 0.6 is 11.6 Å². The lowest BCUT2D eigenvalue weighted by molar-refractivity contribution is -0.124. The number of alkyl halides is 1. The fourth-order valence-corrected chi connectivity index (χ4v) is 3.37. The Kier molecular flexibility index (Phi) is 4.16. The molecule has 0 bridgehead atoms. The molecule has 20 heavy (non-hydrogen) atoms. The number of hydrogen-bond donors (Lipinski definition) is 1. The molecule has 0 saturated heterocycles.